The molecule has 0 N–H and O–H groups in total. The van der Waals surface area contributed by atoms with Gasteiger partial charge in [-0.05, 0) is 89.8 Å². The number of hydrogen-bond acceptors (Lipinski definition) is 6. The monoisotopic (exact) mass is 695 g/mol. The molecule has 1 unspecified atom stereocenters. The van der Waals surface area contributed by atoms with Crippen molar-refractivity contribution in [3.63, 3.8) is 0 Å². The Morgan fingerprint density at radius 3 is 1.79 bits per heavy atom. The van der Waals surface area contributed by atoms with E-state index in [-0.39, 0.29) is 8.41 Å². The number of alkyl halides is 1. The van der Waals surface area contributed by atoms with Crippen molar-refractivity contribution in [3.8, 4) is 0 Å². The van der Waals surface area contributed by atoms with Crippen molar-refractivity contribution >= 4 is 106 Å². The Bertz CT molecular complexity index is 1300. The van der Waals surface area contributed by atoms with Gasteiger partial charge in [0, 0.05) is 46.5 Å². The highest BCUT2D eigenvalue weighted by molar-refractivity contribution is 9.08. The molecule has 38 heavy (non-hydrogen) atoms. The molecule has 2 aromatic carbocycles. The predicted octanol–water partition coefficient (Wildman–Crippen LogP) is 11.1. The van der Waals surface area contributed by atoms with Crippen LogP contribution in [0.1, 0.15) is 31.9 Å². The predicted molar refractivity (Wildman–Crippen MR) is 177 cm³/mol. The van der Waals surface area contributed by atoms with Gasteiger partial charge in [-0.15, -0.1) is 22.7 Å². The molecule has 2 heterocycles. The Hall–Kier alpha value is 0.0249. The second kappa shape index (κ2) is 18.5. The molecule has 4 rings (SSSR count). The van der Waals surface area contributed by atoms with Crippen LogP contribution in [0.4, 0.5) is 0 Å². The standard InChI is InChI=1S/C12H14ClO2PS.C9H6BrClS.C5H13O2P.B/c1-3-15-16(2,14)7-9-8-17-12-5-4-10(13)6-11(9)12;10-4-6-5-12-9-2-1-7(11)3-8(6)9;1-4-6-8(3)7-5-2;/h4-6,8H,3,7H2,1-2H3;1-3,5H,4H2;4-5H2,1-3H3;. The average Bonchev–Trinajstić information content (AvgIpc) is 3.43. The van der Waals surface area contributed by atoms with Crippen LogP contribution in [0.2, 0.25) is 10.0 Å². The maximum absolute atomic E-state index is 12.2. The summed E-state index contributed by atoms with van der Waals surface area (Å²) in [4.78, 5) is 0. The van der Waals surface area contributed by atoms with Gasteiger partial charge in [-0.2, -0.15) is 0 Å². The Morgan fingerprint density at radius 2 is 1.34 bits per heavy atom. The zero-order valence-corrected chi connectivity index (χ0v) is 28.7. The van der Waals surface area contributed by atoms with Gasteiger partial charge in [0.15, 0.2) is 8.38 Å². The highest BCUT2D eigenvalue weighted by Crippen LogP contribution is 2.48. The molecule has 0 amide bonds. The minimum atomic E-state index is -2.54. The maximum atomic E-state index is 12.2. The largest absolute Gasteiger partial charge is 0.335 e. The number of benzene rings is 2. The van der Waals surface area contributed by atoms with Crippen LogP contribution in [-0.4, -0.2) is 41.6 Å². The molecule has 0 saturated heterocycles. The van der Waals surface area contributed by atoms with Crippen molar-refractivity contribution in [1.29, 1.82) is 0 Å². The molecule has 4 aromatic rings. The van der Waals surface area contributed by atoms with Crippen LogP contribution < -0.4 is 0 Å². The molecule has 4 nitrogen and oxygen atoms in total. The smallest absolute Gasteiger partial charge is 0.204 e. The summed E-state index contributed by atoms with van der Waals surface area (Å²) in [7, 11) is -3.12. The maximum Gasteiger partial charge on any atom is 0.204 e. The highest BCUT2D eigenvalue weighted by Gasteiger charge is 2.18. The average molecular weight is 697 g/mol. The molecule has 0 bridgehead atoms. The van der Waals surface area contributed by atoms with Crippen LogP contribution in [0.25, 0.3) is 20.2 Å². The van der Waals surface area contributed by atoms with Crippen LogP contribution in [0.5, 0.6) is 0 Å². The van der Waals surface area contributed by atoms with Gasteiger partial charge in [-0.1, -0.05) is 39.1 Å². The fraction of sp³-hybridized carbons (Fsp3) is 0.385. The third-order valence-corrected chi connectivity index (χ3v) is 10.9. The van der Waals surface area contributed by atoms with Crippen LogP contribution in [-0.2, 0) is 29.6 Å². The van der Waals surface area contributed by atoms with E-state index in [2.05, 4.69) is 27.4 Å². The first-order valence-electron chi connectivity index (χ1n) is 11.7. The molecule has 1 atom stereocenters. The fourth-order valence-electron chi connectivity index (χ4n) is 3.36. The zero-order chi connectivity index (χ0) is 27.4. The van der Waals surface area contributed by atoms with Gasteiger partial charge in [-0.3, -0.25) is 4.57 Å². The minimum absolute atomic E-state index is 0. The summed E-state index contributed by atoms with van der Waals surface area (Å²) in [6.45, 7) is 11.4. The highest BCUT2D eigenvalue weighted by atomic mass is 79.9. The van der Waals surface area contributed by atoms with Gasteiger partial charge in [0.2, 0.25) is 7.37 Å². The van der Waals surface area contributed by atoms with Gasteiger partial charge < -0.3 is 13.6 Å². The van der Waals surface area contributed by atoms with Crippen LogP contribution in [0.15, 0.2) is 47.2 Å². The van der Waals surface area contributed by atoms with E-state index < -0.39 is 15.7 Å². The second-order valence-electron chi connectivity index (χ2n) is 7.80. The van der Waals surface area contributed by atoms with Crippen LogP contribution in [0, 0.1) is 0 Å². The Kier molecular flexibility index (Phi) is 17.5. The SMILES string of the molecule is CCOP(C)(=O)Cc1csc2ccc(Cl)cc12.CCOP(C)OCC.Clc1ccc2scc(CBr)c2c1.[B]. The lowest BCUT2D eigenvalue weighted by molar-refractivity contribution is 0.274. The molecule has 0 aliphatic heterocycles. The lowest BCUT2D eigenvalue weighted by Crippen LogP contribution is -1.91. The van der Waals surface area contributed by atoms with Gasteiger partial charge in [-0.25, -0.2) is 0 Å². The van der Waals surface area contributed by atoms with Crippen molar-refractivity contribution in [1.82, 2.24) is 0 Å². The molecule has 3 radical (unpaired) electrons. The lowest BCUT2D eigenvalue weighted by Gasteiger charge is -2.11. The number of rotatable bonds is 9. The van der Waals surface area contributed by atoms with E-state index >= 15 is 0 Å². The number of halogens is 3. The van der Waals surface area contributed by atoms with Crippen LogP contribution >= 0.6 is 77.5 Å². The summed E-state index contributed by atoms with van der Waals surface area (Å²) in [5, 5.41) is 8.97. The molecule has 0 aliphatic rings. The van der Waals surface area contributed by atoms with Gasteiger partial charge in [0.25, 0.3) is 0 Å². The number of fused-ring (bicyclic) bond motifs is 2. The lowest BCUT2D eigenvalue weighted by atomic mass is 10.2. The molecule has 207 valence electrons. The van der Waals surface area contributed by atoms with E-state index in [1.807, 2.05) is 63.1 Å². The summed E-state index contributed by atoms with van der Waals surface area (Å²) in [6, 6.07) is 11.8. The van der Waals surface area contributed by atoms with E-state index in [1.54, 1.807) is 29.3 Å². The van der Waals surface area contributed by atoms with E-state index in [4.69, 9.17) is 36.8 Å². The van der Waals surface area contributed by atoms with Gasteiger partial charge in [0.05, 0.1) is 26.0 Å². The van der Waals surface area contributed by atoms with Crippen molar-refractivity contribution < 1.29 is 18.1 Å². The number of hydrogen-bond donors (Lipinski definition) is 0. The summed E-state index contributed by atoms with van der Waals surface area (Å²) in [6.07, 6.45) is 0.473. The van der Waals surface area contributed by atoms with E-state index in [1.165, 1.54) is 20.3 Å². The topological polar surface area (TPSA) is 44.8 Å². The van der Waals surface area contributed by atoms with E-state index in [9.17, 15) is 4.57 Å². The van der Waals surface area contributed by atoms with E-state index in [0.717, 1.165) is 34.5 Å². The van der Waals surface area contributed by atoms with Crippen molar-refractivity contribution in [2.75, 3.05) is 33.2 Å². The zero-order valence-electron chi connectivity index (χ0n) is 22.2. The molecule has 0 spiro atoms. The van der Waals surface area contributed by atoms with Gasteiger partial charge >= 0.3 is 0 Å². The summed E-state index contributed by atoms with van der Waals surface area (Å²) >= 11 is 18.7. The van der Waals surface area contributed by atoms with Gasteiger partial charge in [0.1, 0.15) is 0 Å². The minimum Gasteiger partial charge on any atom is -0.335 e. The van der Waals surface area contributed by atoms with Crippen molar-refractivity contribution in [2.45, 2.75) is 32.3 Å². The molecule has 12 heteroatoms. The normalized spacial score (nSPS) is 12.3. The summed E-state index contributed by atoms with van der Waals surface area (Å²) in [5.74, 6) is 0. The first-order chi connectivity index (χ1) is 17.6. The molecular weight excluding hydrogens is 664 g/mol. The molecule has 0 aliphatic carbocycles. The third-order valence-electron chi connectivity index (χ3n) is 4.86. The Balaban J connectivity index is 0.000000302. The van der Waals surface area contributed by atoms with Crippen LogP contribution in [0.3, 0.4) is 0 Å². The molecular formula is C26H33BBrCl2O4P2S2. The van der Waals surface area contributed by atoms with Crippen molar-refractivity contribution in [3.05, 3.63) is 68.3 Å². The quantitative estimate of drug-likeness (QED) is 0.0992. The summed E-state index contributed by atoms with van der Waals surface area (Å²) in [5.41, 5.74) is 2.38. The third kappa shape index (κ3) is 11.9. The molecule has 0 saturated carbocycles. The van der Waals surface area contributed by atoms with Crippen molar-refractivity contribution in [2.24, 2.45) is 0 Å². The van der Waals surface area contributed by atoms with E-state index in [0.29, 0.717) is 17.8 Å². The Morgan fingerprint density at radius 1 is 0.868 bits per heavy atom. The first-order valence-corrected chi connectivity index (χ1v) is 19.2. The molecule has 2 aromatic heterocycles. The Labute approximate surface area is 256 Å². The number of thiophene rings is 2. The second-order valence-corrected chi connectivity index (χ2v) is 15.1. The first kappa shape index (κ1) is 36.1. The fourth-order valence-corrected chi connectivity index (χ4v) is 8.71. The summed E-state index contributed by atoms with van der Waals surface area (Å²) < 4.78 is 30.2. The molecule has 0 fully saturated rings.